The Morgan fingerprint density at radius 2 is 1.97 bits per heavy atom. The van der Waals surface area contributed by atoms with Crippen molar-refractivity contribution >= 4 is 17.5 Å². The van der Waals surface area contributed by atoms with Crippen LogP contribution < -0.4 is 10.6 Å². The average Bonchev–Trinajstić information content (AvgIpc) is 3.39. The molecule has 0 aliphatic carbocycles. The lowest BCUT2D eigenvalue weighted by Crippen LogP contribution is -2.44. The third-order valence-corrected chi connectivity index (χ3v) is 4.34. The minimum absolute atomic E-state index is 0.0763. The van der Waals surface area contributed by atoms with Gasteiger partial charge in [-0.05, 0) is 31.5 Å². The lowest BCUT2D eigenvalue weighted by atomic mass is 10.1. The van der Waals surface area contributed by atoms with E-state index in [1.54, 1.807) is 38.4 Å². The summed E-state index contributed by atoms with van der Waals surface area (Å²) in [5.41, 5.74) is 0.542. The number of carbonyl (C=O) groups is 2. The van der Waals surface area contributed by atoms with Crippen molar-refractivity contribution in [3.63, 3.8) is 0 Å². The van der Waals surface area contributed by atoms with Crippen LogP contribution in [0.3, 0.4) is 0 Å². The van der Waals surface area contributed by atoms with E-state index in [-0.39, 0.29) is 18.4 Å². The molecule has 2 amide bonds. The van der Waals surface area contributed by atoms with Crippen LogP contribution in [0, 0.1) is 0 Å². The summed E-state index contributed by atoms with van der Waals surface area (Å²) in [6.07, 6.45) is 4.66. The minimum atomic E-state index is -0.945. The number of nitrogens with one attached hydrogen (secondary N) is 2. The fraction of sp³-hybridized carbons (Fsp3) is 0.286. The quantitative estimate of drug-likeness (QED) is 0.579. The molecule has 2 N–H and O–H groups in total. The van der Waals surface area contributed by atoms with E-state index < -0.39 is 5.54 Å². The van der Waals surface area contributed by atoms with Gasteiger partial charge < -0.3 is 19.8 Å². The summed E-state index contributed by atoms with van der Waals surface area (Å²) in [6, 6.07) is 13.2. The number of hydrogen-bond acceptors (Lipinski definition) is 5. The van der Waals surface area contributed by atoms with E-state index in [2.05, 4.69) is 15.7 Å². The highest BCUT2D eigenvalue weighted by atomic mass is 16.5. The summed E-state index contributed by atoms with van der Waals surface area (Å²) in [4.78, 5) is 24.6. The molecular formula is C21H24N4O4. The van der Waals surface area contributed by atoms with Crippen LogP contribution in [0.4, 0.5) is 5.69 Å². The number of amides is 2. The van der Waals surface area contributed by atoms with Crippen molar-refractivity contribution < 1.29 is 18.7 Å². The van der Waals surface area contributed by atoms with Crippen molar-refractivity contribution in [2.45, 2.75) is 32.5 Å². The second kappa shape index (κ2) is 9.20. The first-order chi connectivity index (χ1) is 13.9. The third-order valence-electron chi connectivity index (χ3n) is 4.34. The van der Waals surface area contributed by atoms with Gasteiger partial charge in [0.1, 0.15) is 17.9 Å². The molecule has 3 aromatic rings. The molecule has 8 nitrogen and oxygen atoms in total. The number of hydrogen-bond donors (Lipinski definition) is 2. The van der Waals surface area contributed by atoms with E-state index in [9.17, 15) is 9.59 Å². The maximum Gasteiger partial charge on any atom is 0.250 e. The lowest BCUT2D eigenvalue weighted by molar-refractivity contribution is -0.129. The molecule has 0 radical (unpaired) electrons. The van der Waals surface area contributed by atoms with E-state index in [1.165, 1.54) is 10.9 Å². The van der Waals surface area contributed by atoms with Crippen LogP contribution in [0.1, 0.15) is 25.2 Å². The Balaban J connectivity index is 1.49. The molecule has 1 aromatic carbocycles. The molecule has 2 aromatic heterocycles. The Morgan fingerprint density at radius 1 is 1.17 bits per heavy atom. The standard InChI is InChI=1S/C21H24N4O4/c1-21(2,20(27)22-12-18-9-6-10-29-18)25-13-17(11-23-25)24-19(26)15-28-14-16-7-4-3-5-8-16/h3-11,13H,12,14-15H2,1-2H3,(H,22,27)(H,24,26). The highest BCUT2D eigenvalue weighted by Gasteiger charge is 2.30. The molecule has 0 aliphatic rings. The van der Waals surface area contributed by atoms with Crippen molar-refractivity contribution in [3.05, 3.63) is 72.4 Å². The predicted molar refractivity (Wildman–Crippen MR) is 107 cm³/mol. The number of rotatable bonds is 9. The van der Waals surface area contributed by atoms with Crippen LogP contribution in [0.2, 0.25) is 0 Å². The Bertz CT molecular complexity index is 933. The number of nitrogens with zero attached hydrogens (tertiary/aromatic N) is 2. The van der Waals surface area contributed by atoms with E-state index in [4.69, 9.17) is 9.15 Å². The first-order valence-electron chi connectivity index (χ1n) is 9.22. The monoisotopic (exact) mass is 396 g/mol. The summed E-state index contributed by atoms with van der Waals surface area (Å²) in [6.45, 7) is 4.06. The van der Waals surface area contributed by atoms with Gasteiger partial charge in [0.2, 0.25) is 11.8 Å². The second-order valence-corrected chi connectivity index (χ2v) is 7.02. The van der Waals surface area contributed by atoms with Crippen LogP contribution in [-0.2, 0) is 33.0 Å². The summed E-state index contributed by atoms with van der Waals surface area (Å²) in [5.74, 6) is 0.152. The highest BCUT2D eigenvalue weighted by Crippen LogP contribution is 2.18. The van der Waals surface area contributed by atoms with Gasteiger partial charge in [0.25, 0.3) is 0 Å². The van der Waals surface area contributed by atoms with E-state index >= 15 is 0 Å². The van der Waals surface area contributed by atoms with Gasteiger partial charge in [-0.15, -0.1) is 0 Å². The second-order valence-electron chi connectivity index (χ2n) is 7.02. The highest BCUT2D eigenvalue weighted by molar-refractivity contribution is 5.91. The molecule has 0 spiro atoms. The number of benzene rings is 1. The van der Waals surface area contributed by atoms with Crippen LogP contribution in [0.25, 0.3) is 0 Å². The molecule has 29 heavy (non-hydrogen) atoms. The SMILES string of the molecule is CC(C)(C(=O)NCc1ccco1)n1cc(NC(=O)COCc2ccccc2)cn1. The first kappa shape index (κ1) is 20.3. The first-order valence-corrected chi connectivity index (χ1v) is 9.22. The average molecular weight is 396 g/mol. The van der Waals surface area contributed by atoms with Crippen molar-refractivity contribution in [3.8, 4) is 0 Å². The third kappa shape index (κ3) is 5.55. The zero-order chi connectivity index (χ0) is 20.7. The summed E-state index contributed by atoms with van der Waals surface area (Å²) >= 11 is 0. The van der Waals surface area contributed by atoms with Gasteiger partial charge in [-0.25, -0.2) is 0 Å². The van der Waals surface area contributed by atoms with Gasteiger partial charge in [0, 0.05) is 6.20 Å². The number of carbonyl (C=O) groups excluding carboxylic acids is 2. The molecule has 0 atom stereocenters. The van der Waals surface area contributed by atoms with Crippen molar-refractivity contribution in [1.29, 1.82) is 0 Å². The number of aromatic nitrogens is 2. The molecule has 0 fully saturated rings. The Kier molecular flexibility index (Phi) is 6.46. The largest absolute Gasteiger partial charge is 0.467 e. The topological polar surface area (TPSA) is 98.4 Å². The van der Waals surface area contributed by atoms with Gasteiger partial charge in [-0.1, -0.05) is 30.3 Å². The van der Waals surface area contributed by atoms with Gasteiger partial charge in [-0.3, -0.25) is 14.3 Å². The molecule has 8 heteroatoms. The van der Waals surface area contributed by atoms with Crippen LogP contribution in [0.15, 0.2) is 65.5 Å². The summed E-state index contributed by atoms with van der Waals surface area (Å²) < 4.78 is 12.1. The molecule has 0 unspecified atom stereocenters. The number of ether oxygens (including phenoxy) is 1. The van der Waals surface area contributed by atoms with Gasteiger partial charge >= 0.3 is 0 Å². The maximum absolute atomic E-state index is 12.5. The zero-order valence-corrected chi connectivity index (χ0v) is 16.4. The van der Waals surface area contributed by atoms with Crippen LogP contribution >= 0.6 is 0 Å². The fourth-order valence-electron chi connectivity index (χ4n) is 2.63. The van der Waals surface area contributed by atoms with Crippen molar-refractivity contribution in [1.82, 2.24) is 15.1 Å². The molecule has 152 valence electrons. The van der Waals surface area contributed by atoms with Gasteiger partial charge in [-0.2, -0.15) is 5.10 Å². The lowest BCUT2D eigenvalue weighted by Gasteiger charge is -2.23. The van der Waals surface area contributed by atoms with Crippen molar-refractivity contribution in [2.24, 2.45) is 0 Å². The Morgan fingerprint density at radius 3 is 2.69 bits per heavy atom. The fourth-order valence-corrected chi connectivity index (χ4v) is 2.63. The van der Waals surface area contributed by atoms with E-state index in [0.29, 0.717) is 24.6 Å². The number of furan rings is 1. The van der Waals surface area contributed by atoms with Gasteiger partial charge in [0.05, 0.1) is 31.3 Å². The normalized spacial score (nSPS) is 11.2. The molecule has 2 heterocycles. The van der Waals surface area contributed by atoms with E-state index in [1.807, 2.05) is 30.3 Å². The predicted octanol–water partition coefficient (Wildman–Crippen LogP) is 2.68. The van der Waals surface area contributed by atoms with Crippen LogP contribution in [0.5, 0.6) is 0 Å². The molecular weight excluding hydrogens is 372 g/mol. The zero-order valence-electron chi connectivity index (χ0n) is 16.4. The van der Waals surface area contributed by atoms with Crippen LogP contribution in [-0.4, -0.2) is 28.2 Å². The van der Waals surface area contributed by atoms with Crippen molar-refractivity contribution in [2.75, 3.05) is 11.9 Å². The summed E-state index contributed by atoms with van der Waals surface area (Å²) in [5, 5.41) is 9.75. The van der Waals surface area contributed by atoms with Gasteiger partial charge in [0.15, 0.2) is 0 Å². The molecule has 0 aliphatic heterocycles. The maximum atomic E-state index is 12.5. The summed E-state index contributed by atoms with van der Waals surface area (Å²) in [7, 11) is 0. The molecule has 3 rings (SSSR count). The molecule has 0 saturated carbocycles. The number of anilines is 1. The minimum Gasteiger partial charge on any atom is -0.467 e. The molecule has 0 saturated heterocycles. The molecule has 0 bridgehead atoms. The van der Waals surface area contributed by atoms with E-state index in [0.717, 1.165) is 5.56 Å². The Labute approximate surface area is 168 Å². The Hall–Kier alpha value is -3.39. The smallest absolute Gasteiger partial charge is 0.250 e.